The lowest BCUT2D eigenvalue weighted by molar-refractivity contribution is -0.140. The smallest absolute Gasteiger partial charge is 0.242 e. The van der Waals surface area contributed by atoms with Crippen LogP contribution in [0.25, 0.3) is 0 Å². The first-order chi connectivity index (χ1) is 13.6. The zero-order valence-corrected chi connectivity index (χ0v) is 17.7. The number of amides is 2. The topological polar surface area (TPSA) is 58.6 Å². The molecule has 29 heavy (non-hydrogen) atoms. The molecule has 0 spiro atoms. The van der Waals surface area contributed by atoms with Crippen LogP contribution in [0.4, 0.5) is 4.39 Å². The van der Waals surface area contributed by atoms with Crippen molar-refractivity contribution < 1.29 is 18.7 Å². The predicted octanol–water partition coefficient (Wildman–Crippen LogP) is 3.71. The molecule has 1 N–H and O–H groups in total. The first-order valence-corrected chi connectivity index (χ1v) is 9.58. The van der Waals surface area contributed by atoms with Gasteiger partial charge >= 0.3 is 0 Å². The summed E-state index contributed by atoms with van der Waals surface area (Å²) in [7, 11) is 1.58. The highest BCUT2D eigenvalue weighted by atomic mass is 19.1. The number of nitrogens with zero attached hydrogens (tertiary/aromatic N) is 1. The summed E-state index contributed by atoms with van der Waals surface area (Å²) in [5.41, 5.74) is 0.720. The van der Waals surface area contributed by atoms with Crippen molar-refractivity contribution in [3.05, 3.63) is 65.5 Å². The summed E-state index contributed by atoms with van der Waals surface area (Å²) >= 11 is 0. The highest BCUT2D eigenvalue weighted by molar-refractivity contribution is 5.88. The third kappa shape index (κ3) is 6.59. The summed E-state index contributed by atoms with van der Waals surface area (Å²) in [6.07, 6.45) is 0.103. The lowest BCUT2D eigenvalue weighted by atomic mass is 10.1. The Balaban J connectivity index is 2.25. The van der Waals surface area contributed by atoms with E-state index in [1.807, 2.05) is 20.8 Å². The van der Waals surface area contributed by atoms with Gasteiger partial charge in [0.05, 0.1) is 13.5 Å². The Morgan fingerprint density at radius 3 is 2.28 bits per heavy atom. The second-order valence-electron chi connectivity index (χ2n) is 8.05. The average molecular weight is 400 g/mol. The van der Waals surface area contributed by atoms with Gasteiger partial charge in [0.2, 0.25) is 11.8 Å². The van der Waals surface area contributed by atoms with E-state index >= 15 is 0 Å². The zero-order chi connectivity index (χ0) is 21.6. The molecular formula is C23H29FN2O3. The quantitative estimate of drug-likeness (QED) is 0.771. The van der Waals surface area contributed by atoms with Crippen molar-refractivity contribution in [2.45, 2.75) is 52.2 Å². The Morgan fingerprint density at radius 2 is 1.72 bits per heavy atom. The van der Waals surface area contributed by atoms with Crippen LogP contribution in [-0.4, -0.2) is 35.4 Å². The fourth-order valence-electron chi connectivity index (χ4n) is 2.89. The first-order valence-electron chi connectivity index (χ1n) is 9.58. The molecule has 0 radical (unpaired) electrons. The maximum Gasteiger partial charge on any atom is 0.242 e. The summed E-state index contributed by atoms with van der Waals surface area (Å²) in [5.74, 6) is -0.243. The Morgan fingerprint density at radius 1 is 1.10 bits per heavy atom. The van der Waals surface area contributed by atoms with E-state index in [2.05, 4.69) is 5.32 Å². The molecule has 0 saturated heterocycles. The number of nitrogens with one attached hydrogen (secondary N) is 1. The van der Waals surface area contributed by atoms with Gasteiger partial charge in [-0.2, -0.15) is 0 Å². The van der Waals surface area contributed by atoms with Gasteiger partial charge in [-0.3, -0.25) is 9.59 Å². The van der Waals surface area contributed by atoms with Gasteiger partial charge in [0, 0.05) is 17.6 Å². The van der Waals surface area contributed by atoms with Crippen LogP contribution in [0.15, 0.2) is 48.5 Å². The Bertz CT molecular complexity index is 844. The number of methoxy groups -OCH3 is 1. The van der Waals surface area contributed by atoms with Crippen molar-refractivity contribution in [2.24, 2.45) is 0 Å². The Labute approximate surface area is 171 Å². The fraction of sp³-hybridized carbons (Fsp3) is 0.391. The molecule has 0 aliphatic carbocycles. The van der Waals surface area contributed by atoms with E-state index in [4.69, 9.17) is 4.74 Å². The second-order valence-corrected chi connectivity index (χ2v) is 8.05. The summed E-state index contributed by atoms with van der Waals surface area (Å²) in [6, 6.07) is 12.7. The molecule has 0 heterocycles. The Kier molecular flexibility index (Phi) is 7.37. The number of halogens is 1. The van der Waals surface area contributed by atoms with E-state index in [0.717, 1.165) is 5.56 Å². The molecule has 0 aliphatic heterocycles. The van der Waals surface area contributed by atoms with Gasteiger partial charge in [-0.25, -0.2) is 4.39 Å². The monoisotopic (exact) mass is 400 g/mol. The van der Waals surface area contributed by atoms with Crippen molar-refractivity contribution in [1.82, 2.24) is 10.2 Å². The normalized spacial score (nSPS) is 12.2. The van der Waals surface area contributed by atoms with Crippen LogP contribution in [0, 0.1) is 5.82 Å². The molecule has 0 fully saturated rings. The molecule has 0 saturated carbocycles. The molecule has 1 atom stereocenters. The van der Waals surface area contributed by atoms with Crippen molar-refractivity contribution >= 4 is 11.8 Å². The molecule has 2 aromatic carbocycles. The van der Waals surface area contributed by atoms with E-state index in [1.54, 1.807) is 56.5 Å². The van der Waals surface area contributed by atoms with Gasteiger partial charge in [0.15, 0.2) is 0 Å². The van der Waals surface area contributed by atoms with Crippen molar-refractivity contribution in [1.29, 1.82) is 0 Å². The van der Waals surface area contributed by atoms with Gasteiger partial charge in [0.25, 0.3) is 0 Å². The third-order valence-corrected chi connectivity index (χ3v) is 4.48. The minimum atomic E-state index is -0.750. The highest BCUT2D eigenvalue weighted by Crippen LogP contribution is 2.17. The van der Waals surface area contributed by atoms with E-state index in [-0.39, 0.29) is 24.8 Å². The number of ether oxygens (including phenoxy) is 1. The molecule has 5 nitrogen and oxygen atoms in total. The summed E-state index contributed by atoms with van der Waals surface area (Å²) in [6.45, 7) is 7.29. The van der Waals surface area contributed by atoms with Crippen LogP contribution >= 0.6 is 0 Å². The number of carbonyl (C=O) groups excluding carboxylic acids is 2. The molecule has 0 aliphatic rings. The van der Waals surface area contributed by atoms with Gasteiger partial charge < -0.3 is 15.0 Å². The number of benzene rings is 2. The van der Waals surface area contributed by atoms with E-state index in [1.165, 1.54) is 11.0 Å². The minimum Gasteiger partial charge on any atom is -0.497 e. The maximum atomic E-state index is 14.2. The molecule has 156 valence electrons. The van der Waals surface area contributed by atoms with E-state index in [0.29, 0.717) is 11.3 Å². The standard InChI is InChI=1S/C23H29FN2O3/c1-16(22(28)25-23(2,3)4)26(15-18-8-6-7-9-20(18)24)21(27)14-17-10-12-19(29-5)13-11-17/h6-13,16H,14-15H2,1-5H3,(H,25,28)/t16-/m0/s1. The molecule has 2 aromatic rings. The van der Waals surface area contributed by atoms with Gasteiger partial charge in [0.1, 0.15) is 17.6 Å². The molecule has 0 aromatic heterocycles. The summed E-state index contributed by atoms with van der Waals surface area (Å²) in [5, 5.41) is 2.89. The fourth-order valence-corrected chi connectivity index (χ4v) is 2.89. The average Bonchev–Trinajstić information content (AvgIpc) is 2.66. The lowest BCUT2D eigenvalue weighted by Gasteiger charge is -2.31. The maximum absolute atomic E-state index is 14.2. The number of hydrogen-bond acceptors (Lipinski definition) is 3. The first kappa shape index (κ1) is 22.4. The van der Waals surface area contributed by atoms with Crippen LogP contribution in [0.3, 0.4) is 0 Å². The molecule has 2 amide bonds. The summed E-state index contributed by atoms with van der Waals surface area (Å²) in [4.78, 5) is 27.2. The van der Waals surface area contributed by atoms with E-state index in [9.17, 15) is 14.0 Å². The SMILES string of the molecule is COc1ccc(CC(=O)N(Cc2ccccc2F)[C@@H](C)C(=O)NC(C)(C)C)cc1. The zero-order valence-electron chi connectivity index (χ0n) is 17.7. The molecule has 0 unspecified atom stereocenters. The molecule has 0 bridgehead atoms. The molecule has 2 rings (SSSR count). The van der Waals surface area contributed by atoms with Gasteiger partial charge in [-0.1, -0.05) is 30.3 Å². The minimum absolute atomic E-state index is 0.0143. The van der Waals surface area contributed by atoms with Gasteiger partial charge in [-0.15, -0.1) is 0 Å². The van der Waals surface area contributed by atoms with Crippen LogP contribution in [-0.2, 0) is 22.6 Å². The number of carbonyl (C=O) groups is 2. The molecule has 6 heteroatoms. The second kappa shape index (κ2) is 9.54. The number of hydrogen-bond donors (Lipinski definition) is 1. The lowest BCUT2D eigenvalue weighted by Crippen LogP contribution is -2.52. The van der Waals surface area contributed by atoms with Crippen LogP contribution in [0.2, 0.25) is 0 Å². The van der Waals surface area contributed by atoms with E-state index < -0.39 is 17.4 Å². The number of rotatable bonds is 7. The molecular weight excluding hydrogens is 371 g/mol. The van der Waals surface area contributed by atoms with Crippen molar-refractivity contribution in [3.8, 4) is 5.75 Å². The van der Waals surface area contributed by atoms with Gasteiger partial charge in [-0.05, 0) is 51.5 Å². The predicted molar refractivity (Wildman–Crippen MR) is 111 cm³/mol. The largest absolute Gasteiger partial charge is 0.497 e. The highest BCUT2D eigenvalue weighted by Gasteiger charge is 2.29. The van der Waals surface area contributed by atoms with Crippen LogP contribution in [0.1, 0.15) is 38.8 Å². The van der Waals surface area contributed by atoms with Crippen LogP contribution in [0.5, 0.6) is 5.75 Å². The van der Waals surface area contributed by atoms with Crippen molar-refractivity contribution in [3.63, 3.8) is 0 Å². The Hall–Kier alpha value is -2.89. The third-order valence-electron chi connectivity index (χ3n) is 4.48. The summed E-state index contributed by atoms with van der Waals surface area (Å²) < 4.78 is 19.3. The van der Waals surface area contributed by atoms with Crippen molar-refractivity contribution in [2.75, 3.05) is 7.11 Å². The van der Waals surface area contributed by atoms with Crippen LogP contribution < -0.4 is 10.1 Å².